The van der Waals surface area contributed by atoms with Crippen molar-refractivity contribution in [1.82, 2.24) is 15.2 Å². The highest BCUT2D eigenvalue weighted by Crippen LogP contribution is 2.45. The van der Waals surface area contributed by atoms with E-state index < -0.39 is 5.60 Å². The molecule has 0 saturated carbocycles. The molecule has 0 saturated heterocycles. The van der Waals surface area contributed by atoms with Crippen LogP contribution in [-0.4, -0.2) is 28.2 Å². The van der Waals surface area contributed by atoms with Crippen LogP contribution in [0.15, 0.2) is 73.2 Å². The second-order valence-corrected chi connectivity index (χ2v) is 7.50. The molecule has 1 aliphatic rings. The van der Waals surface area contributed by atoms with Gasteiger partial charge in [-0.25, -0.2) is 0 Å². The van der Waals surface area contributed by atoms with Gasteiger partial charge in [0.1, 0.15) is 0 Å². The molecule has 2 aromatic carbocycles. The van der Waals surface area contributed by atoms with Crippen molar-refractivity contribution in [2.24, 2.45) is 0 Å². The first kappa shape index (κ1) is 18.4. The molecule has 6 heteroatoms. The fraction of sp³-hybridized carbons (Fsp3) is 0.167. The number of hydrogen-bond acceptors (Lipinski definition) is 5. The van der Waals surface area contributed by atoms with E-state index in [0.29, 0.717) is 12.1 Å². The minimum atomic E-state index is -1.02. The van der Waals surface area contributed by atoms with Gasteiger partial charge in [0.25, 0.3) is 5.91 Å². The molecule has 0 radical (unpaired) electrons. The van der Waals surface area contributed by atoms with E-state index in [9.17, 15) is 4.79 Å². The normalized spacial score (nSPS) is 18.1. The lowest BCUT2D eigenvalue weighted by atomic mass is 9.98. The number of nitrogens with zero attached hydrogens (tertiary/aromatic N) is 4. The highest BCUT2D eigenvalue weighted by atomic mass is 16.5. The Morgan fingerprint density at radius 2 is 1.83 bits per heavy atom. The highest BCUT2D eigenvalue weighted by Gasteiger charge is 2.48. The number of hydrogen-bond donors (Lipinski definition) is 0. The first-order chi connectivity index (χ1) is 14.6. The number of amides is 1. The van der Waals surface area contributed by atoms with Crippen molar-refractivity contribution in [1.29, 1.82) is 0 Å². The number of carbonyl (C=O) groups excluding carboxylic acids is 1. The van der Waals surface area contributed by atoms with E-state index in [4.69, 9.17) is 4.74 Å². The van der Waals surface area contributed by atoms with Crippen molar-refractivity contribution < 1.29 is 9.53 Å². The van der Waals surface area contributed by atoms with Crippen LogP contribution < -0.4 is 4.90 Å². The molecule has 0 spiro atoms. The lowest BCUT2D eigenvalue weighted by Gasteiger charge is -2.23. The minimum absolute atomic E-state index is 0.130. The van der Waals surface area contributed by atoms with E-state index in [1.54, 1.807) is 37.5 Å². The van der Waals surface area contributed by atoms with Gasteiger partial charge in [0.2, 0.25) is 0 Å². The van der Waals surface area contributed by atoms with E-state index in [1.807, 2.05) is 54.6 Å². The Hall–Kier alpha value is -3.64. The van der Waals surface area contributed by atoms with Crippen LogP contribution in [0.3, 0.4) is 0 Å². The molecule has 4 aromatic rings. The summed E-state index contributed by atoms with van der Waals surface area (Å²) in [6.45, 7) is 1.80. The van der Waals surface area contributed by atoms with Crippen LogP contribution in [0.25, 0.3) is 10.8 Å². The molecule has 0 aliphatic carbocycles. The first-order valence-corrected chi connectivity index (χ1v) is 9.74. The van der Waals surface area contributed by atoms with Crippen LogP contribution in [0, 0.1) is 0 Å². The number of aromatic nitrogens is 3. The predicted molar refractivity (Wildman–Crippen MR) is 115 cm³/mol. The van der Waals surface area contributed by atoms with Crippen molar-refractivity contribution in [2.45, 2.75) is 18.9 Å². The number of benzene rings is 2. The molecule has 5 rings (SSSR count). The summed E-state index contributed by atoms with van der Waals surface area (Å²) in [5.74, 6) is -0.130. The molecule has 148 valence electrons. The minimum Gasteiger partial charge on any atom is -0.364 e. The summed E-state index contributed by atoms with van der Waals surface area (Å²) in [5.41, 5.74) is 3.18. The third kappa shape index (κ3) is 2.76. The van der Waals surface area contributed by atoms with Crippen LogP contribution >= 0.6 is 0 Å². The summed E-state index contributed by atoms with van der Waals surface area (Å²) >= 11 is 0. The number of fused-ring (bicyclic) bond motifs is 2. The van der Waals surface area contributed by atoms with Crippen molar-refractivity contribution in [3.05, 3.63) is 90.0 Å². The quantitative estimate of drug-likeness (QED) is 0.518. The number of rotatable bonds is 4. The van der Waals surface area contributed by atoms with E-state index >= 15 is 0 Å². The Morgan fingerprint density at radius 3 is 2.70 bits per heavy atom. The monoisotopic (exact) mass is 396 g/mol. The molecule has 0 bridgehead atoms. The number of pyridine rings is 1. The SMILES string of the molecule is COC1(C)C(=O)N(c2cncc(Cc3nncc4ccccc34)c2)c2ccccc21. The second-order valence-electron chi connectivity index (χ2n) is 7.50. The Balaban J connectivity index is 1.55. The van der Waals surface area contributed by atoms with Gasteiger partial charge in [-0.1, -0.05) is 42.5 Å². The maximum absolute atomic E-state index is 13.3. The molecule has 3 heterocycles. The largest absolute Gasteiger partial charge is 0.364 e. The van der Waals surface area contributed by atoms with Gasteiger partial charge in [-0.3, -0.25) is 14.7 Å². The zero-order valence-corrected chi connectivity index (χ0v) is 16.7. The van der Waals surface area contributed by atoms with Gasteiger partial charge in [-0.2, -0.15) is 10.2 Å². The van der Waals surface area contributed by atoms with E-state index in [2.05, 4.69) is 15.2 Å². The van der Waals surface area contributed by atoms with E-state index in [-0.39, 0.29) is 5.91 Å². The molecule has 0 N–H and O–H groups in total. The number of para-hydroxylation sites is 1. The van der Waals surface area contributed by atoms with Gasteiger partial charge in [-0.05, 0) is 24.6 Å². The topological polar surface area (TPSA) is 68.2 Å². The zero-order chi connectivity index (χ0) is 20.7. The lowest BCUT2D eigenvalue weighted by molar-refractivity contribution is -0.137. The molecular weight excluding hydrogens is 376 g/mol. The molecule has 0 fully saturated rings. The number of carbonyl (C=O) groups is 1. The van der Waals surface area contributed by atoms with Crippen molar-refractivity contribution in [3.63, 3.8) is 0 Å². The maximum atomic E-state index is 13.3. The summed E-state index contributed by atoms with van der Waals surface area (Å²) < 4.78 is 5.63. The summed E-state index contributed by atoms with van der Waals surface area (Å²) in [6.07, 6.45) is 5.84. The molecule has 6 nitrogen and oxygen atoms in total. The smallest absolute Gasteiger partial charge is 0.268 e. The summed E-state index contributed by atoms with van der Waals surface area (Å²) in [5, 5.41) is 10.6. The lowest BCUT2D eigenvalue weighted by Crippen LogP contribution is -2.37. The third-order valence-electron chi connectivity index (χ3n) is 5.74. The van der Waals surface area contributed by atoms with Crippen LogP contribution in [0.5, 0.6) is 0 Å². The summed E-state index contributed by atoms with van der Waals surface area (Å²) in [7, 11) is 1.56. The van der Waals surface area contributed by atoms with Gasteiger partial charge in [0.05, 0.1) is 29.5 Å². The maximum Gasteiger partial charge on any atom is 0.268 e. The molecule has 1 atom stereocenters. The fourth-order valence-corrected chi connectivity index (χ4v) is 4.07. The Kier molecular flexibility index (Phi) is 4.29. The Labute approximate surface area is 174 Å². The van der Waals surface area contributed by atoms with Crippen LogP contribution in [0.4, 0.5) is 11.4 Å². The highest BCUT2D eigenvalue weighted by molar-refractivity contribution is 6.11. The molecule has 1 unspecified atom stereocenters. The van der Waals surface area contributed by atoms with Crippen molar-refractivity contribution >= 4 is 28.1 Å². The summed E-state index contributed by atoms with van der Waals surface area (Å²) in [4.78, 5) is 19.4. The van der Waals surface area contributed by atoms with Gasteiger partial charge < -0.3 is 4.74 Å². The Morgan fingerprint density at radius 1 is 1.03 bits per heavy atom. The molecule has 30 heavy (non-hydrogen) atoms. The van der Waals surface area contributed by atoms with Gasteiger partial charge in [0, 0.05) is 36.1 Å². The summed E-state index contributed by atoms with van der Waals surface area (Å²) in [6, 6.07) is 17.7. The average Bonchev–Trinajstić information content (AvgIpc) is 3.02. The Bertz CT molecular complexity index is 1270. The van der Waals surface area contributed by atoms with E-state index in [1.165, 1.54) is 0 Å². The molecule has 1 amide bonds. The number of ether oxygens (including phenoxy) is 1. The van der Waals surface area contributed by atoms with Crippen molar-refractivity contribution in [2.75, 3.05) is 12.0 Å². The van der Waals surface area contributed by atoms with Gasteiger partial charge >= 0.3 is 0 Å². The second kappa shape index (κ2) is 7.00. The standard InChI is InChI=1S/C24H20N4O2/c1-24(30-2)20-9-5-6-10-22(20)28(23(24)29)18-11-16(13-25-15-18)12-21-19-8-4-3-7-17(19)14-26-27-21/h3-11,13-15H,12H2,1-2H3. The number of methoxy groups -OCH3 is 1. The van der Waals surface area contributed by atoms with Gasteiger partial charge in [-0.15, -0.1) is 0 Å². The zero-order valence-electron chi connectivity index (χ0n) is 16.7. The van der Waals surface area contributed by atoms with Gasteiger partial charge in [0.15, 0.2) is 5.60 Å². The predicted octanol–water partition coefficient (Wildman–Crippen LogP) is 4.16. The van der Waals surface area contributed by atoms with Crippen LogP contribution in [-0.2, 0) is 21.6 Å². The van der Waals surface area contributed by atoms with Crippen LogP contribution in [0.2, 0.25) is 0 Å². The molecule has 2 aromatic heterocycles. The number of anilines is 2. The average molecular weight is 396 g/mol. The van der Waals surface area contributed by atoms with Crippen LogP contribution in [0.1, 0.15) is 23.7 Å². The van der Waals surface area contributed by atoms with Crippen molar-refractivity contribution in [3.8, 4) is 0 Å². The van der Waals surface area contributed by atoms with E-state index in [0.717, 1.165) is 33.3 Å². The molecular formula is C24H20N4O2. The molecule has 1 aliphatic heterocycles. The first-order valence-electron chi connectivity index (χ1n) is 9.74. The third-order valence-corrected chi connectivity index (χ3v) is 5.74. The fourth-order valence-electron chi connectivity index (χ4n) is 4.07.